The van der Waals surface area contributed by atoms with Crippen molar-refractivity contribution in [1.29, 1.82) is 0 Å². The SMILES string of the molecule is CCNC(c1cscn1)c1nc(CC)c(C)s1. The molecule has 2 aromatic rings. The third-order valence-electron chi connectivity index (χ3n) is 2.65. The van der Waals surface area contributed by atoms with Gasteiger partial charge in [-0.05, 0) is 19.9 Å². The lowest BCUT2D eigenvalue weighted by Gasteiger charge is -2.12. The minimum Gasteiger partial charge on any atom is -0.303 e. The maximum absolute atomic E-state index is 4.72. The Morgan fingerprint density at radius 2 is 2.24 bits per heavy atom. The number of aryl methyl sites for hydroxylation is 2. The normalized spacial score (nSPS) is 12.9. The van der Waals surface area contributed by atoms with E-state index in [2.05, 4.69) is 36.5 Å². The lowest BCUT2D eigenvalue weighted by atomic mass is 10.2. The molecular weight excluding hydrogens is 250 g/mol. The molecule has 2 rings (SSSR count). The second-order valence-electron chi connectivity index (χ2n) is 3.81. The number of nitrogens with one attached hydrogen (secondary N) is 1. The molecule has 2 aromatic heterocycles. The summed E-state index contributed by atoms with van der Waals surface area (Å²) in [4.78, 5) is 10.4. The predicted molar refractivity (Wildman–Crippen MR) is 73.9 cm³/mol. The van der Waals surface area contributed by atoms with Gasteiger partial charge in [0.25, 0.3) is 0 Å². The van der Waals surface area contributed by atoms with Gasteiger partial charge in [-0.15, -0.1) is 22.7 Å². The summed E-state index contributed by atoms with van der Waals surface area (Å²) in [6, 6.07) is 0.148. The van der Waals surface area contributed by atoms with Crippen LogP contribution in [0.2, 0.25) is 0 Å². The monoisotopic (exact) mass is 267 g/mol. The van der Waals surface area contributed by atoms with Crippen LogP contribution in [0.3, 0.4) is 0 Å². The van der Waals surface area contributed by atoms with Crippen molar-refractivity contribution in [2.24, 2.45) is 0 Å². The molecule has 92 valence electrons. The van der Waals surface area contributed by atoms with Gasteiger partial charge in [-0.1, -0.05) is 13.8 Å². The van der Waals surface area contributed by atoms with Gasteiger partial charge in [-0.2, -0.15) is 0 Å². The lowest BCUT2D eigenvalue weighted by molar-refractivity contribution is 0.613. The van der Waals surface area contributed by atoms with E-state index in [0.717, 1.165) is 23.7 Å². The van der Waals surface area contributed by atoms with E-state index in [1.54, 1.807) is 22.7 Å². The van der Waals surface area contributed by atoms with E-state index in [4.69, 9.17) is 4.98 Å². The Morgan fingerprint density at radius 1 is 1.41 bits per heavy atom. The highest BCUT2D eigenvalue weighted by Gasteiger charge is 2.19. The van der Waals surface area contributed by atoms with Crippen molar-refractivity contribution in [3.8, 4) is 0 Å². The van der Waals surface area contributed by atoms with Gasteiger partial charge in [0.05, 0.1) is 16.9 Å². The highest BCUT2D eigenvalue weighted by Crippen LogP contribution is 2.28. The molecule has 1 atom stereocenters. The maximum Gasteiger partial charge on any atom is 0.116 e. The average molecular weight is 267 g/mol. The minimum absolute atomic E-state index is 0.148. The van der Waals surface area contributed by atoms with Crippen LogP contribution in [-0.2, 0) is 6.42 Å². The first-order chi connectivity index (χ1) is 8.26. The third kappa shape index (κ3) is 2.73. The maximum atomic E-state index is 4.72. The third-order valence-corrected chi connectivity index (χ3v) is 4.33. The Labute approximate surface area is 110 Å². The molecule has 0 spiro atoms. The first kappa shape index (κ1) is 12.7. The summed E-state index contributed by atoms with van der Waals surface area (Å²) in [5.41, 5.74) is 4.16. The number of rotatable bonds is 5. The molecule has 2 heterocycles. The van der Waals surface area contributed by atoms with E-state index >= 15 is 0 Å². The number of thiazole rings is 2. The highest BCUT2D eigenvalue weighted by atomic mass is 32.1. The molecule has 3 nitrogen and oxygen atoms in total. The van der Waals surface area contributed by atoms with Crippen LogP contribution in [0.5, 0.6) is 0 Å². The van der Waals surface area contributed by atoms with Gasteiger partial charge >= 0.3 is 0 Å². The largest absolute Gasteiger partial charge is 0.303 e. The number of nitrogens with zero attached hydrogens (tertiary/aromatic N) is 2. The van der Waals surface area contributed by atoms with E-state index in [-0.39, 0.29) is 6.04 Å². The first-order valence-corrected chi connectivity index (χ1v) is 7.59. The second-order valence-corrected chi connectivity index (χ2v) is 5.77. The smallest absolute Gasteiger partial charge is 0.116 e. The van der Waals surface area contributed by atoms with Crippen LogP contribution < -0.4 is 5.32 Å². The molecule has 0 aliphatic rings. The Morgan fingerprint density at radius 3 is 2.76 bits per heavy atom. The quantitative estimate of drug-likeness (QED) is 0.904. The van der Waals surface area contributed by atoms with Gasteiger partial charge in [0, 0.05) is 10.3 Å². The molecule has 0 amide bonds. The average Bonchev–Trinajstić information content (AvgIpc) is 2.95. The fourth-order valence-corrected chi connectivity index (χ4v) is 3.47. The molecule has 5 heteroatoms. The van der Waals surface area contributed by atoms with E-state index in [1.165, 1.54) is 10.6 Å². The van der Waals surface area contributed by atoms with Crippen LogP contribution in [-0.4, -0.2) is 16.5 Å². The summed E-state index contributed by atoms with van der Waals surface area (Å²) < 4.78 is 0. The van der Waals surface area contributed by atoms with Crippen molar-refractivity contribution in [1.82, 2.24) is 15.3 Å². The Kier molecular flexibility index (Phi) is 4.25. The van der Waals surface area contributed by atoms with Crippen molar-refractivity contribution in [3.05, 3.63) is 32.2 Å². The van der Waals surface area contributed by atoms with Crippen molar-refractivity contribution < 1.29 is 0 Å². The van der Waals surface area contributed by atoms with Gasteiger partial charge in [0.1, 0.15) is 11.0 Å². The zero-order valence-corrected chi connectivity index (χ0v) is 12.0. The summed E-state index contributed by atoms with van der Waals surface area (Å²) in [5.74, 6) is 0. The fourth-order valence-electron chi connectivity index (χ4n) is 1.79. The Hall–Kier alpha value is -0.780. The second kappa shape index (κ2) is 5.71. The van der Waals surface area contributed by atoms with Gasteiger partial charge < -0.3 is 5.32 Å². The van der Waals surface area contributed by atoms with Gasteiger partial charge in [0.15, 0.2) is 0 Å². The van der Waals surface area contributed by atoms with Gasteiger partial charge in [-0.25, -0.2) is 9.97 Å². The van der Waals surface area contributed by atoms with Gasteiger partial charge in [0.2, 0.25) is 0 Å². The molecule has 0 bridgehead atoms. The molecule has 0 aliphatic carbocycles. The predicted octanol–water partition coefficient (Wildman–Crippen LogP) is 3.17. The van der Waals surface area contributed by atoms with Crippen LogP contribution in [0.1, 0.15) is 41.2 Å². The van der Waals surface area contributed by atoms with E-state index in [0.29, 0.717) is 0 Å². The van der Waals surface area contributed by atoms with E-state index in [1.807, 2.05) is 5.51 Å². The van der Waals surface area contributed by atoms with Crippen molar-refractivity contribution in [2.45, 2.75) is 33.2 Å². The first-order valence-electron chi connectivity index (χ1n) is 5.83. The molecule has 0 aliphatic heterocycles. The molecule has 17 heavy (non-hydrogen) atoms. The Bertz CT molecular complexity index is 462. The molecule has 0 radical (unpaired) electrons. The molecule has 0 aromatic carbocycles. The topological polar surface area (TPSA) is 37.8 Å². The Balaban J connectivity index is 2.32. The van der Waals surface area contributed by atoms with Crippen LogP contribution in [0.4, 0.5) is 0 Å². The van der Waals surface area contributed by atoms with Crippen molar-refractivity contribution in [3.63, 3.8) is 0 Å². The summed E-state index contributed by atoms with van der Waals surface area (Å²) in [6.07, 6.45) is 0.998. The molecule has 0 fully saturated rings. The fraction of sp³-hybridized carbons (Fsp3) is 0.500. The van der Waals surface area contributed by atoms with E-state index < -0.39 is 0 Å². The molecule has 1 unspecified atom stereocenters. The molecule has 1 N–H and O–H groups in total. The molecule has 0 saturated carbocycles. The van der Waals surface area contributed by atoms with Crippen LogP contribution >= 0.6 is 22.7 Å². The number of hydrogen-bond donors (Lipinski definition) is 1. The van der Waals surface area contributed by atoms with Crippen molar-refractivity contribution in [2.75, 3.05) is 6.54 Å². The van der Waals surface area contributed by atoms with Crippen LogP contribution in [0.25, 0.3) is 0 Å². The number of hydrogen-bond acceptors (Lipinski definition) is 5. The minimum atomic E-state index is 0.148. The zero-order chi connectivity index (χ0) is 12.3. The van der Waals surface area contributed by atoms with Gasteiger partial charge in [-0.3, -0.25) is 0 Å². The summed E-state index contributed by atoms with van der Waals surface area (Å²) >= 11 is 3.41. The van der Waals surface area contributed by atoms with Crippen LogP contribution in [0.15, 0.2) is 10.9 Å². The summed E-state index contributed by atoms with van der Waals surface area (Å²) in [5, 5.41) is 6.68. The summed E-state index contributed by atoms with van der Waals surface area (Å²) in [6.45, 7) is 7.32. The van der Waals surface area contributed by atoms with Crippen LogP contribution in [0, 0.1) is 6.92 Å². The number of aromatic nitrogens is 2. The zero-order valence-electron chi connectivity index (χ0n) is 10.4. The molecular formula is C12H17N3S2. The molecule has 0 saturated heterocycles. The highest BCUT2D eigenvalue weighted by molar-refractivity contribution is 7.11. The lowest BCUT2D eigenvalue weighted by Crippen LogP contribution is -2.22. The van der Waals surface area contributed by atoms with E-state index in [9.17, 15) is 0 Å². The van der Waals surface area contributed by atoms with Crippen molar-refractivity contribution >= 4 is 22.7 Å². The summed E-state index contributed by atoms with van der Waals surface area (Å²) in [7, 11) is 0. The standard InChI is InChI=1S/C12H17N3S2/c1-4-9-8(3)17-12(15-9)11(13-5-2)10-6-16-7-14-10/h6-7,11,13H,4-5H2,1-3H3.